The van der Waals surface area contributed by atoms with Crippen molar-refractivity contribution in [2.24, 2.45) is 0 Å². The number of hydrogen-bond donors (Lipinski definition) is 3. The summed E-state index contributed by atoms with van der Waals surface area (Å²) in [5, 5.41) is 7.76. The summed E-state index contributed by atoms with van der Waals surface area (Å²) in [6, 6.07) is 9.57. The van der Waals surface area contributed by atoms with Crippen molar-refractivity contribution in [3.63, 3.8) is 0 Å². The first-order chi connectivity index (χ1) is 13.4. The molecule has 3 N–H and O–H groups in total. The second kappa shape index (κ2) is 10.1. The molecule has 0 aliphatic rings. The normalized spacial score (nSPS) is 10.2. The van der Waals surface area contributed by atoms with Gasteiger partial charge in [-0.05, 0) is 36.2 Å². The summed E-state index contributed by atoms with van der Waals surface area (Å²) in [4.78, 5) is 35.1. The molecular formula is C20H21F2N3O3. The third-order valence-electron chi connectivity index (χ3n) is 3.97. The molecule has 2 aromatic rings. The van der Waals surface area contributed by atoms with Crippen LogP contribution < -0.4 is 16.0 Å². The topological polar surface area (TPSA) is 87.3 Å². The third kappa shape index (κ3) is 6.15. The van der Waals surface area contributed by atoms with Crippen LogP contribution >= 0.6 is 0 Å². The molecule has 0 saturated heterocycles. The highest BCUT2D eigenvalue weighted by molar-refractivity contribution is 5.94. The summed E-state index contributed by atoms with van der Waals surface area (Å²) in [5.41, 5.74) is 1.14. The molecule has 0 saturated carbocycles. The van der Waals surface area contributed by atoms with E-state index < -0.39 is 17.5 Å². The number of carbonyl (C=O) groups excluding carboxylic acids is 3. The Bertz CT molecular complexity index is 854. The smallest absolute Gasteiger partial charge is 0.254 e. The number of carbonyl (C=O) groups is 3. The van der Waals surface area contributed by atoms with Crippen molar-refractivity contribution in [1.82, 2.24) is 16.0 Å². The van der Waals surface area contributed by atoms with Crippen LogP contribution in [0.2, 0.25) is 0 Å². The van der Waals surface area contributed by atoms with Gasteiger partial charge in [0.2, 0.25) is 5.91 Å². The quantitative estimate of drug-likeness (QED) is 0.605. The van der Waals surface area contributed by atoms with Crippen LogP contribution in [0.15, 0.2) is 42.5 Å². The van der Waals surface area contributed by atoms with Crippen LogP contribution in [0.5, 0.6) is 0 Å². The highest BCUT2D eigenvalue weighted by atomic mass is 19.1. The SMILES string of the molecule is CNC(=O)c1ccc(CNC(=O)CCCNC(=O)c2ccc(F)cc2F)cc1. The van der Waals surface area contributed by atoms with Gasteiger partial charge in [-0.25, -0.2) is 8.78 Å². The lowest BCUT2D eigenvalue weighted by Gasteiger charge is -2.08. The molecule has 0 heterocycles. The Hall–Kier alpha value is -3.29. The molecule has 0 spiro atoms. The van der Waals surface area contributed by atoms with Gasteiger partial charge in [0.05, 0.1) is 5.56 Å². The van der Waals surface area contributed by atoms with Crippen LogP contribution in [-0.4, -0.2) is 31.3 Å². The van der Waals surface area contributed by atoms with Gasteiger partial charge in [0, 0.05) is 38.2 Å². The van der Waals surface area contributed by atoms with Crippen molar-refractivity contribution < 1.29 is 23.2 Å². The molecule has 0 aromatic heterocycles. The molecule has 8 heteroatoms. The first-order valence-electron chi connectivity index (χ1n) is 8.71. The Morgan fingerprint density at radius 3 is 2.29 bits per heavy atom. The largest absolute Gasteiger partial charge is 0.355 e. The van der Waals surface area contributed by atoms with Crippen molar-refractivity contribution in [2.75, 3.05) is 13.6 Å². The monoisotopic (exact) mass is 389 g/mol. The van der Waals surface area contributed by atoms with E-state index in [2.05, 4.69) is 16.0 Å². The summed E-state index contributed by atoms with van der Waals surface area (Å²) in [7, 11) is 1.55. The first kappa shape index (κ1) is 21.0. The average Bonchev–Trinajstić information content (AvgIpc) is 2.69. The van der Waals surface area contributed by atoms with Crippen molar-refractivity contribution in [2.45, 2.75) is 19.4 Å². The summed E-state index contributed by atoms with van der Waals surface area (Å²) in [6.07, 6.45) is 0.554. The lowest BCUT2D eigenvalue weighted by Crippen LogP contribution is -2.28. The van der Waals surface area contributed by atoms with Crippen LogP contribution in [0.4, 0.5) is 8.78 Å². The molecule has 0 radical (unpaired) electrons. The number of nitrogens with one attached hydrogen (secondary N) is 3. The molecule has 0 atom stereocenters. The van der Waals surface area contributed by atoms with E-state index in [1.54, 1.807) is 31.3 Å². The molecule has 2 rings (SSSR count). The molecule has 3 amide bonds. The number of amides is 3. The van der Waals surface area contributed by atoms with Crippen LogP contribution in [0.1, 0.15) is 39.1 Å². The molecule has 0 aliphatic carbocycles. The van der Waals surface area contributed by atoms with Gasteiger partial charge in [-0.1, -0.05) is 12.1 Å². The lowest BCUT2D eigenvalue weighted by molar-refractivity contribution is -0.121. The predicted molar refractivity (Wildman–Crippen MR) is 99.6 cm³/mol. The molecule has 0 bridgehead atoms. The van der Waals surface area contributed by atoms with Crippen LogP contribution in [0.25, 0.3) is 0 Å². The van der Waals surface area contributed by atoms with Gasteiger partial charge >= 0.3 is 0 Å². The number of benzene rings is 2. The van der Waals surface area contributed by atoms with Crippen LogP contribution in [-0.2, 0) is 11.3 Å². The zero-order chi connectivity index (χ0) is 20.5. The maximum absolute atomic E-state index is 13.5. The second-order valence-electron chi connectivity index (χ2n) is 6.04. The number of halogens is 2. The zero-order valence-electron chi connectivity index (χ0n) is 15.4. The predicted octanol–water partition coefficient (Wildman–Crippen LogP) is 2.15. The number of hydrogen-bond acceptors (Lipinski definition) is 3. The average molecular weight is 389 g/mol. The Morgan fingerprint density at radius 2 is 1.64 bits per heavy atom. The Kier molecular flexibility index (Phi) is 7.62. The maximum atomic E-state index is 13.5. The molecular weight excluding hydrogens is 368 g/mol. The van der Waals surface area contributed by atoms with Crippen molar-refractivity contribution in [3.05, 3.63) is 70.8 Å². The highest BCUT2D eigenvalue weighted by Crippen LogP contribution is 2.09. The van der Waals surface area contributed by atoms with Crippen molar-refractivity contribution >= 4 is 17.7 Å². The summed E-state index contributed by atoms with van der Waals surface area (Å²) in [6.45, 7) is 0.504. The number of rotatable bonds is 8. The third-order valence-corrected chi connectivity index (χ3v) is 3.97. The van der Waals surface area contributed by atoms with E-state index in [-0.39, 0.29) is 30.3 Å². The molecule has 2 aromatic carbocycles. The zero-order valence-corrected chi connectivity index (χ0v) is 15.4. The molecule has 0 unspecified atom stereocenters. The van der Waals surface area contributed by atoms with Crippen LogP contribution in [0, 0.1) is 11.6 Å². The van der Waals surface area contributed by atoms with E-state index in [1.807, 2.05) is 0 Å². The minimum absolute atomic E-state index is 0.182. The van der Waals surface area contributed by atoms with Gasteiger partial charge < -0.3 is 16.0 Å². The Labute approximate surface area is 161 Å². The van der Waals surface area contributed by atoms with E-state index in [4.69, 9.17) is 0 Å². The molecule has 6 nitrogen and oxygen atoms in total. The van der Waals surface area contributed by atoms with E-state index in [9.17, 15) is 23.2 Å². The van der Waals surface area contributed by atoms with E-state index >= 15 is 0 Å². The van der Waals surface area contributed by atoms with Crippen molar-refractivity contribution in [3.8, 4) is 0 Å². The fourth-order valence-electron chi connectivity index (χ4n) is 2.43. The first-order valence-corrected chi connectivity index (χ1v) is 8.71. The standard InChI is InChI=1S/C20H21F2N3O3/c1-23-19(27)14-6-4-13(5-7-14)12-25-18(26)3-2-10-24-20(28)16-9-8-15(21)11-17(16)22/h4-9,11H,2-3,10,12H2,1H3,(H,23,27)(H,24,28)(H,25,26). The molecule has 0 aliphatic heterocycles. The minimum Gasteiger partial charge on any atom is -0.355 e. The maximum Gasteiger partial charge on any atom is 0.254 e. The van der Waals surface area contributed by atoms with E-state index in [0.717, 1.165) is 17.7 Å². The summed E-state index contributed by atoms with van der Waals surface area (Å²) in [5.74, 6) is -2.73. The van der Waals surface area contributed by atoms with Gasteiger partial charge in [0.15, 0.2) is 0 Å². The molecule has 28 heavy (non-hydrogen) atoms. The van der Waals surface area contributed by atoms with E-state index in [1.165, 1.54) is 0 Å². The van der Waals surface area contributed by atoms with Crippen molar-refractivity contribution in [1.29, 1.82) is 0 Å². The molecule has 0 fully saturated rings. The van der Waals surface area contributed by atoms with Gasteiger partial charge in [0.1, 0.15) is 11.6 Å². The van der Waals surface area contributed by atoms with Gasteiger partial charge in [-0.3, -0.25) is 14.4 Å². The Balaban J connectivity index is 1.68. The summed E-state index contributed by atoms with van der Waals surface area (Å²) >= 11 is 0. The fraction of sp³-hybridized carbons (Fsp3) is 0.250. The van der Waals surface area contributed by atoms with Gasteiger partial charge in [-0.2, -0.15) is 0 Å². The van der Waals surface area contributed by atoms with Gasteiger partial charge in [0.25, 0.3) is 11.8 Å². The minimum atomic E-state index is -0.933. The van der Waals surface area contributed by atoms with E-state index in [0.29, 0.717) is 24.6 Å². The van der Waals surface area contributed by atoms with Gasteiger partial charge in [-0.15, -0.1) is 0 Å². The molecule has 148 valence electrons. The highest BCUT2D eigenvalue weighted by Gasteiger charge is 2.12. The Morgan fingerprint density at radius 1 is 0.929 bits per heavy atom. The van der Waals surface area contributed by atoms with Crippen LogP contribution in [0.3, 0.4) is 0 Å². The summed E-state index contributed by atoms with van der Waals surface area (Å²) < 4.78 is 26.3. The fourth-order valence-corrected chi connectivity index (χ4v) is 2.43. The lowest BCUT2D eigenvalue weighted by atomic mass is 10.1. The second-order valence-corrected chi connectivity index (χ2v) is 6.04.